The van der Waals surface area contributed by atoms with E-state index < -0.39 is 32.5 Å². The first kappa shape index (κ1) is 66.6. The van der Waals surface area contributed by atoms with E-state index in [1.165, 1.54) is 12.8 Å². The average Bonchev–Trinajstić information content (AvgIpc) is 3.36. The van der Waals surface area contributed by atoms with Gasteiger partial charge in [-0.15, -0.1) is 0 Å². The maximum Gasteiger partial charge on any atom is 0.472 e. The summed E-state index contributed by atoms with van der Waals surface area (Å²) in [7, 11) is -4.40. The molecule has 3 N–H and O–H groups in total. The van der Waals surface area contributed by atoms with Gasteiger partial charge in [0.05, 0.1) is 13.2 Å². The summed E-state index contributed by atoms with van der Waals surface area (Å²) in [5.41, 5.74) is 5.35. The van der Waals surface area contributed by atoms with Crippen LogP contribution in [0.25, 0.3) is 0 Å². The Labute approximate surface area is 432 Å². The van der Waals surface area contributed by atoms with Crippen molar-refractivity contribution < 1.29 is 37.6 Å². The van der Waals surface area contributed by atoms with Crippen LogP contribution in [0.4, 0.5) is 0 Å². The summed E-state index contributed by atoms with van der Waals surface area (Å²) in [6.45, 7) is 3.48. The van der Waals surface area contributed by atoms with Crippen molar-refractivity contribution in [3.05, 3.63) is 158 Å². The molecular weight excluding hydrogens is 906 g/mol. The smallest absolute Gasteiger partial charge is 0.462 e. The predicted octanol–water partition coefficient (Wildman–Crippen LogP) is 16.9. The second kappa shape index (κ2) is 55.0. The van der Waals surface area contributed by atoms with Gasteiger partial charge in [0, 0.05) is 19.4 Å². The molecule has 0 aromatic heterocycles. The van der Waals surface area contributed by atoms with Crippen LogP contribution >= 0.6 is 7.82 Å². The molecule has 0 amide bonds. The van der Waals surface area contributed by atoms with Gasteiger partial charge in [0.25, 0.3) is 0 Å². The summed E-state index contributed by atoms with van der Waals surface area (Å²) in [4.78, 5) is 34.9. The first-order valence-electron chi connectivity index (χ1n) is 27.0. The molecule has 0 aromatic rings. The van der Waals surface area contributed by atoms with E-state index in [2.05, 4.69) is 172 Å². The largest absolute Gasteiger partial charge is 0.472 e. The molecule has 0 saturated carbocycles. The fourth-order valence-electron chi connectivity index (χ4n) is 6.42. The van der Waals surface area contributed by atoms with E-state index in [0.29, 0.717) is 12.8 Å². The highest BCUT2D eigenvalue weighted by molar-refractivity contribution is 7.47. The van der Waals surface area contributed by atoms with E-state index in [0.717, 1.165) is 128 Å². The van der Waals surface area contributed by atoms with E-state index in [9.17, 15) is 19.0 Å². The molecule has 0 aliphatic rings. The van der Waals surface area contributed by atoms with Crippen LogP contribution < -0.4 is 5.73 Å². The fraction of sp³-hybridized carbons (Fsp3) is 0.541. The Kier molecular flexibility index (Phi) is 51.6. The standard InChI is InChI=1S/C61H96NO8P/c1-3-5-7-9-11-13-15-16-17-18-19-20-21-22-23-24-25-26-27-28-29-30-31-32-33-34-35-36-37-38-39-40-41-42-44-46-48-50-52-54-61(64)70-59(58-69-71(65,66)68-56-55-62)57-67-60(63)53-51-49-47-45-43-14-12-10-8-6-4-2/h5,7,10-13,16-17,19-20,22-23,25-26,28-29,31-32,34-35,37-38,40-41,44,46,59H,3-4,6,8-9,14-15,18,21,24,27,30,33,36,39,42-43,45,47-58,62H2,1-2H3,(H,65,66)/b7-5-,12-10-,13-11-,17-16-,20-19-,23-22-,26-25-,29-28-,32-31-,35-34-,38-37-,41-40-,46-44-. The molecule has 0 aliphatic carbocycles. The lowest BCUT2D eigenvalue weighted by Crippen LogP contribution is -2.29. The van der Waals surface area contributed by atoms with Crippen LogP contribution in [0.15, 0.2) is 158 Å². The average molecular weight is 1000 g/mol. The fourth-order valence-corrected chi connectivity index (χ4v) is 7.18. The van der Waals surface area contributed by atoms with Gasteiger partial charge in [0.15, 0.2) is 6.10 Å². The minimum absolute atomic E-state index is 0.0366. The molecule has 0 rings (SSSR count). The van der Waals surface area contributed by atoms with Gasteiger partial charge < -0.3 is 20.1 Å². The molecule has 398 valence electrons. The SMILES string of the molecule is CC/C=C\C/C=C\C/C=C\C/C=C\C/C=C\C/C=C\C/C=C\C/C=C\C/C=C\C/C=C\C/C=C\C/C=C\CCCCC(=O)OC(COC(=O)CCCCCCC/C=C\CCCC)COP(=O)(O)OCCN. The molecule has 2 unspecified atom stereocenters. The lowest BCUT2D eigenvalue weighted by Gasteiger charge is -2.19. The number of phosphoric ester groups is 1. The van der Waals surface area contributed by atoms with Crippen LogP contribution in [0.2, 0.25) is 0 Å². The quantitative estimate of drug-likeness (QED) is 0.0264. The molecule has 0 bridgehead atoms. The van der Waals surface area contributed by atoms with E-state index in [1.54, 1.807) is 0 Å². The molecule has 2 atom stereocenters. The Bertz CT molecular complexity index is 1710. The highest BCUT2D eigenvalue weighted by Gasteiger charge is 2.26. The van der Waals surface area contributed by atoms with Crippen LogP contribution in [0.5, 0.6) is 0 Å². The van der Waals surface area contributed by atoms with E-state index in [-0.39, 0.29) is 32.6 Å². The van der Waals surface area contributed by atoms with Gasteiger partial charge >= 0.3 is 19.8 Å². The van der Waals surface area contributed by atoms with Crippen LogP contribution in [-0.4, -0.2) is 49.3 Å². The first-order chi connectivity index (χ1) is 34.8. The third-order valence-electron chi connectivity index (χ3n) is 10.4. The van der Waals surface area contributed by atoms with Gasteiger partial charge in [0.2, 0.25) is 0 Å². The highest BCUT2D eigenvalue weighted by Crippen LogP contribution is 2.43. The van der Waals surface area contributed by atoms with Crippen LogP contribution in [0, 0.1) is 0 Å². The predicted molar refractivity (Wildman–Crippen MR) is 302 cm³/mol. The Morgan fingerprint density at radius 2 is 0.775 bits per heavy atom. The number of allylic oxidation sites excluding steroid dienone is 26. The van der Waals surface area contributed by atoms with Crippen molar-refractivity contribution in [1.82, 2.24) is 0 Å². The Balaban J connectivity index is 4.10. The molecule has 10 heteroatoms. The molecule has 0 aromatic carbocycles. The van der Waals surface area contributed by atoms with Crippen molar-refractivity contribution in [2.75, 3.05) is 26.4 Å². The molecule has 9 nitrogen and oxygen atoms in total. The number of carbonyl (C=O) groups is 2. The van der Waals surface area contributed by atoms with Gasteiger partial charge in [0.1, 0.15) is 6.61 Å². The number of esters is 2. The van der Waals surface area contributed by atoms with Gasteiger partial charge in [-0.1, -0.05) is 204 Å². The number of phosphoric acid groups is 1. The van der Waals surface area contributed by atoms with E-state index in [4.69, 9.17) is 24.3 Å². The number of carbonyl (C=O) groups excluding carboxylic acids is 2. The summed E-state index contributed by atoms with van der Waals surface area (Å²) in [5.74, 6) is -0.907. The van der Waals surface area contributed by atoms with Crippen LogP contribution in [0.1, 0.15) is 181 Å². The monoisotopic (exact) mass is 1000 g/mol. The van der Waals surface area contributed by atoms with Crippen molar-refractivity contribution in [3.63, 3.8) is 0 Å². The third-order valence-corrected chi connectivity index (χ3v) is 11.4. The van der Waals surface area contributed by atoms with Crippen LogP contribution in [0.3, 0.4) is 0 Å². The van der Waals surface area contributed by atoms with Gasteiger partial charge in [-0.3, -0.25) is 18.6 Å². The maximum absolute atomic E-state index is 12.6. The number of ether oxygens (including phenoxy) is 2. The molecule has 0 saturated heterocycles. The van der Waals surface area contributed by atoms with Crippen molar-refractivity contribution in [2.45, 2.75) is 187 Å². The van der Waals surface area contributed by atoms with Crippen molar-refractivity contribution >= 4 is 19.8 Å². The molecule has 0 heterocycles. The zero-order chi connectivity index (χ0) is 51.7. The lowest BCUT2D eigenvalue weighted by atomic mass is 10.1. The molecule has 0 fully saturated rings. The number of rotatable bonds is 48. The van der Waals surface area contributed by atoms with Crippen molar-refractivity contribution in [3.8, 4) is 0 Å². The number of hydrogen-bond donors (Lipinski definition) is 2. The zero-order valence-corrected chi connectivity index (χ0v) is 45.0. The molecular formula is C61H96NO8P. The number of hydrogen-bond acceptors (Lipinski definition) is 8. The highest BCUT2D eigenvalue weighted by atomic mass is 31.2. The summed E-state index contributed by atoms with van der Waals surface area (Å²) in [6.07, 6.45) is 80.3. The lowest BCUT2D eigenvalue weighted by molar-refractivity contribution is -0.161. The minimum Gasteiger partial charge on any atom is -0.462 e. The normalized spacial score (nSPS) is 14.4. The molecule has 71 heavy (non-hydrogen) atoms. The van der Waals surface area contributed by atoms with Gasteiger partial charge in [-0.05, 0) is 122 Å². The molecule has 0 spiro atoms. The number of nitrogens with two attached hydrogens (primary N) is 1. The summed E-state index contributed by atoms with van der Waals surface area (Å²) < 4.78 is 32.8. The van der Waals surface area contributed by atoms with Gasteiger partial charge in [-0.25, -0.2) is 4.57 Å². The summed E-state index contributed by atoms with van der Waals surface area (Å²) >= 11 is 0. The summed E-state index contributed by atoms with van der Waals surface area (Å²) in [5, 5.41) is 0. The first-order valence-corrected chi connectivity index (χ1v) is 28.5. The Hall–Kier alpha value is -4.37. The third kappa shape index (κ3) is 54.8. The minimum atomic E-state index is -4.40. The van der Waals surface area contributed by atoms with Crippen molar-refractivity contribution in [1.29, 1.82) is 0 Å². The molecule has 0 aliphatic heterocycles. The second-order valence-electron chi connectivity index (χ2n) is 17.0. The number of unbranched alkanes of at least 4 members (excludes halogenated alkanes) is 9. The maximum atomic E-state index is 12.6. The van der Waals surface area contributed by atoms with Crippen molar-refractivity contribution in [2.24, 2.45) is 5.73 Å². The Morgan fingerprint density at radius 3 is 1.20 bits per heavy atom. The topological polar surface area (TPSA) is 134 Å². The summed E-state index contributed by atoms with van der Waals surface area (Å²) in [6, 6.07) is 0. The Morgan fingerprint density at radius 1 is 0.437 bits per heavy atom. The van der Waals surface area contributed by atoms with Crippen LogP contribution in [-0.2, 0) is 32.7 Å². The van der Waals surface area contributed by atoms with E-state index in [1.807, 2.05) is 0 Å². The molecule has 0 radical (unpaired) electrons. The van der Waals surface area contributed by atoms with E-state index >= 15 is 0 Å². The zero-order valence-electron chi connectivity index (χ0n) is 44.1. The van der Waals surface area contributed by atoms with Gasteiger partial charge in [-0.2, -0.15) is 0 Å². The second-order valence-corrected chi connectivity index (χ2v) is 18.5.